The first-order valence-corrected chi connectivity index (χ1v) is 8.39. The largest absolute Gasteiger partial charge is 0.444 e. The third-order valence-electron chi connectivity index (χ3n) is 4.08. The monoisotopic (exact) mass is 411 g/mol. The Kier molecular flexibility index (Phi) is 5.73. The molecule has 1 atom stereocenters. The highest BCUT2D eigenvalue weighted by Crippen LogP contribution is 2.37. The maximum absolute atomic E-state index is 13.0. The van der Waals surface area contributed by atoms with Gasteiger partial charge in [0.1, 0.15) is 5.60 Å². The topological polar surface area (TPSA) is 46.6 Å². The molecule has 1 heterocycles. The molecule has 1 aliphatic rings. The number of ketones is 1. The van der Waals surface area contributed by atoms with Gasteiger partial charge in [-0.3, -0.25) is 4.79 Å². The van der Waals surface area contributed by atoms with Crippen molar-refractivity contribution < 1.29 is 40.7 Å². The second kappa shape index (κ2) is 7.29. The number of hydrogen-bond donors (Lipinski definition) is 0. The minimum atomic E-state index is -5.03. The number of benzene rings is 1. The van der Waals surface area contributed by atoms with E-state index < -0.39 is 52.4 Å². The minimum Gasteiger partial charge on any atom is -0.444 e. The van der Waals surface area contributed by atoms with Crippen LogP contribution < -0.4 is 0 Å². The molecule has 0 saturated carbocycles. The molecule has 0 spiro atoms. The lowest BCUT2D eigenvalue weighted by molar-refractivity contribution is -0.143. The third kappa shape index (κ3) is 5.39. The number of alkyl halides is 6. The van der Waals surface area contributed by atoms with Crippen LogP contribution in [0.4, 0.5) is 31.1 Å². The quantitative estimate of drug-likeness (QED) is 0.499. The average Bonchev–Trinajstić information content (AvgIpc) is 3.00. The molecule has 2 rings (SSSR count). The van der Waals surface area contributed by atoms with Crippen molar-refractivity contribution in [3.63, 3.8) is 0 Å². The maximum Gasteiger partial charge on any atom is 0.416 e. The molecule has 0 aromatic heterocycles. The van der Waals surface area contributed by atoms with Crippen LogP contribution in [-0.2, 0) is 17.1 Å². The number of carbonyl (C=O) groups is 2. The number of rotatable bonds is 2. The molecule has 4 nitrogen and oxygen atoms in total. The highest BCUT2D eigenvalue weighted by atomic mass is 19.4. The molecule has 1 saturated heterocycles. The molecule has 0 aliphatic carbocycles. The summed E-state index contributed by atoms with van der Waals surface area (Å²) in [5.74, 6) is -1.78. The van der Waals surface area contributed by atoms with E-state index in [1.54, 1.807) is 20.8 Å². The summed E-state index contributed by atoms with van der Waals surface area (Å²) < 4.78 is 82.9. The van der Waals surface area contributed by atoms with Gasteiger partial charge in [0.2, 0.25) is 0 Å². The van der Waals surface area contributed by atoms with E-state index >= 15 is 0 Å². The van der Waals surface area contributed by atoms with E-state index in [0.29, 0.717) is 12.1 Å². The molecule has 1 aliphatic heterocycles. The minimum absolute atomic E-state index is 0.0293. The number of hydrogen-bond acceptors (Lipinski definition) is 3. The van der Waals surface area contributed by atoms with Crippen molar-refractivity contribution in [3.8, 4) is 0 Å². The molecular weight excluding hydrogens is 392 g/mol. The summed E-state index contributed by atoms with van der Waals surface area (Å²) in [5, 5.41) is 0. The summed E-state index contributed by atoms with van der Waals surface area (Å²) >= 11 is 0. The molecule has 0 N–H and O–H groups in total. The van der Waals surface area contributed by atoms with Gasteiger partial charge >= 0.3 is 18.4 Å². The van der Waals surface area contributed by atoms with Gasteiger partial charge in [-0.05, 0) is 45.4 Å². The number of ether oxygens (including phenoxy) is 1. The first kappa shape index (κ1) is 22.0. The second-order valence-corrected chi connectivity index (χ2v) is 7.57. The molecule has 0 radical (unpaired) electrons. The summed E-state index contributed by atoms with van der Waals surface area (Å²) in [4.78, 5) is 25.8. The highest BCUT2D eigenvalue weighted by Gasteiger charge is 2.39. The molecule has 1 aromatic rings. The molecular formula is C18H19F6NO3. The van der Waals surface area contributed by atoms with Crippen LogP contribution in [0.3, 0.4) is 0 Å². The SMILES string of the molecule is CC(C)(C)OC(=O)N1CC[C@H](C(=O)c2cc(C(F)(F)F)cc(C(F)(F)F)c2)C1. The number of Topliss-reactive ketones (excluding diaryl/α,β-unsaturated/α-hetero) is 1. The fourth-order valence-corrected chi connectivity index (χ4v) is 2.80. The molecule has 0 bridgehead atoms. The van der Waals surface area contributed by atoms with Gasteiger partial charge in [-0.25, -0.2) is 4.79 Å². The number of halogens is 6. The van der Waals surface area contributed by atoms with E-state index in [1.165, 1.54) is 4.90 Å². The first-order chi connectivity index (χ1) is 12.6. The van der Waals surface area contributed by atoms with Crippen molar-refractivity contribution in [1.29, 1.82) is 0 Å². The van der Waals surface area contributed by atoms with E-state index in [2.05, 4.69) is 0 Å². The van der Waals surface area contributed by atoms with Gasteiger partial charge < -0.3 is 9.64 Å². The van der Waals surface area contributed by atoms with Crippen LogP contribution in [0.1, 0.15) is 48.7 Å². The Labute approximate surface area is 157 Å². The smallest absolute Gasteiger partial charge is 0.416 e. The summed E-state index contributed by atoms with van der Waals surface area (Å²) in [6.45, 7) is 4.92. The summed E-state index contributed by atoms with van der Waals surface area (Å²) in [5.41, 5.74) is -4.56. The van der Waals surface area contributed by atoms with Crippen LogP contribution in [0.15, 0.2) is 18.2 Å². The van der Waals surface area contributed by atoms with E-state index in [9.17, 15) is 35.9 Å². The fraction of sp³-hybridized carbons (Fsp3) is 0.556. The van der Waals surface area contributed by atoms with Crippen LogP contribution >= 0.6 is 0 Å². The summed E-state index contributed by atoms with van der Waals surface area (Å²) in [6, 6.07) is 0.792. The van der Waals surface area contributed by atoms with Crippen molar-refractivity contribution in [3.05, 3.63) is 34.9 Å². The summed E-state index contributed by atoms with van der Waals surface area (Å²) in [7, 11) is 0. The summed E-state index contributed by atoms with van der Waals surface area (Å²) in [6.07, 6.45) is -10.6. The predicted molar refractivity (Wildman–Crippen MR) is 86.7 cm³/mol. The van der Waals surface area contributed by atoms with Crippen LogP contribution in [0.2, 0.25) is 0 Å². The van der Waals surface area contributed by atoms with Gasteiger partial charge in [0.25, 0.3) is 0 Å². The van der Waals surface area contributed by atoms with Gasteiger partial charge in [0.05, 0.1) is 11.1 Å². The lowest BCUT2D eigenvalue weighted by Gasteiger charge is -2.24. The molecule has 1 fully saturated rings. The third-order valence-corrected chi connectivity index (χ3v) is 4.08. The van der Waals surface area contributed by atoms with Crippen molar-refractivity contribution in [1.82, 2.24) is 4.90 Å². The zero-order chi connectivity index (χ0) is 21.5. The van der Waals surface area contributed by atoms with Crippen LogP contribution in [0, 0.1) is 5.92 Å². The predicted octanol–water partition coefficient (Wildman–Crippen LogP) is 5.16. The lowest BCUT2D eigenvalue weighted by atomic mass is 9.94. The number of nitrogens with zero attached hydrogens (tertiary/aromatic N) is 1. The Balaban J connectivity index is 2.26. The fourth-order valence-electron chi connectivity index (χ4n) is 2.80. The molecule has 156 valence electrons. The van der Waals surface area contributed by atoms with Gasteiger partial charge in [-0.15, -0.1) is 0 Å². The van der Waals surface area contributed by atoms with Gasteiger partial charge in [-0.1, -0.05) is 0 Å². The Bertz CT molecular complexity index is 732. The standard InChI is InChI=1S/C18H19F6NO3/c1-16(2,3)28-15(27)25-5-4-10(9-25)14(26)11-6-12(17(19,20)21)8-13(7-11)18(22,23)24/h6-8,10H,4-5,9H2,1-3H3/t10-/m0/s1. The average molecular weight is 411 g/mol. The van der Waals surface area contributed by atoms with Crippen LogP contribution in [-0.4, -0.2) is 35.5 Å². The van der Waals surface area contributed by atoms with E-state index in [1.807, 2.05) is 0 Å². The zero-order valence-corrected chi connectivity index (χ0v) is 15.4. The highest BCUT2D eigenvalue weighted by molar-refractivity contribution is 5.99. The van der Waals surface area contributed by atoms with Gasteiger partial charge in [-0.2, -0.15) is 26.3 Å². The Morgan fingerprint density at radius 2 is 1.46 bits per heavy atom. The second-order valence-electron chi connectivity index (χ2n) is 7.57. The Hall–Kier alpha value is -2.26. The van der Waals surface area contributed by atoms with Crippen LogP contribution in [0.5, 0.6) is 0 Å². The van der Waals surface area contributed by atoms with Gasteiger partial charge in [0, 0.05) is 24.6 Å². The molecule has 1 aromatic carbocycles. The van der Waals surface area contributed by atoms with Crippen molar-refractivity contribution in [2.45, 2.75) is 45.1 Å². The van der Waals surface area contributed by atoms with E-state index in [-0.39, 0.29) is 25.6 Å². The number of amides is 1. The molecule has 1 amide bonds. The van der Waals surface area contributed by atoms with Crippen LogP contribution in [0.25, 0.3) is 0 Å². The van der Waals surface area contributed by atoms with Crippen molar-refractivity contribution in [2.24, 2.45) is 5.92 Å². The van der Waals surface area contributed by atoms with Crippen molar-refractivity contribution >= 4 is 11.9 Å². The normalized spacial score (nSPS) is 18.3. The Morgan fingerprint density at radius 3 is 1.89 bits per heavy atom. The molecule has 28 heavy (non-hydrogen) atoms. The maximum atomic E-state index is 13.0. The number of likely N-dealkylation sites (tertiary alicyclic amines) is 1. The van der Waals surface area contributed by atoms with E-state index in [0.717, 1.165) is 0 Å². The molecule has 10 heteroatoms. The van der Waals surface area contributed by atoms with Gasteiger partial charge in [0.15, 0.2) is 5.78 Å². The Morgan fingerprint density at radius 1 is 0.964 bits per heavy atom. The number of carbonyl (C=O) groups excluding carboxylic acids is 2. The first-order valence-electron chi connectivity index (χ1n) is 8.39. The lowest BCUT2D eigenvalue weighted by Crippen LogP contribution is -2.35. The zero-order valence-electron chi connectivity index (χ0n) is 15.4. The van der Waals surface area contributed by atoms with E-state index in [4.69, 9.17) is 4.74 Å². The molecule has 0 unspecified atom stereocenters. The van der Waals surface area contributed by atoms with Crippen molar-refractivity contribution in [2.75, 3.05) is 13.1 Å².